The standard InChI is InChI=1S/C16H22N4O/c1-12(2)15(14-7-5-4-6-8-14)9-18-16(21)13(3)20-11-17-10-19-20/h4-8,10-13,15H,9H2,1-3H3,(H,18,21). The largest absolute Gasteiger partial charge is 0.354 e. The first kappa shape index (κ1) is 15.2. The van der Waals surface area contributed by atoms with Gasteiger partial charge in [0.15, 0.2) is 0 Å². The molecular formula is C16H22N4O. The van der Waals surface area contributed by atoms with E-state index < -0.39 is 0 Å². The highest BCUT2D eigenvalue weighted by Gasteiger charge is 2.20. The Bertz CT molecular complexity index is 551. The summed E-state index contributed by atoms with van der Waals surface area (Å²) >= 11 is 0. The highest BCUT2D eigenvalue weighted by molar-refractivity contribution is 5.79. The van der Waals surface area contributed by atoms with Crippen LogP contribution in [0.2, 0.25) is 0 Å². The predicted molar refractivity (Wildman–Crippen MR) is 81.8 cm³/mol. The van der Waals surface area contributed by atoms with Crippen LogP contribution in [0.25, 0.3) is 0 Å². The first-order valence-electron chi connectivity index (χ1n) is 7.26. The van der Waals surface area contributed by atoms with Gasteiger partial charge in [-0.3, -0.25) is 4.79 Å². The second-order valence-corrected chi connectivity index (χ2v) is 5.56. The molecule has 2 aromatic rings. The molecule has 2 rings (SSSR count). The molecule has 0 saturated heterocycles. The SMILES string of the molecule is CC(C)C(CNC(=O)C(C)n1cncn1)c1ccccc1. The van der Waals surface area contributed by atoms with E-state index in [1.165, 1.54) is 11.9 Å². The molecule has 0 bridgehead atoms. The number of hydrogen-bond acceptors (Lipinski definition) is 3. The fraction of sp³-hybridized carbons (Fsp3) is 0.438. The zero-order valence-corrected chi connectivity index (χ0v) is 12.7. The molecule has 0 spiro atoms. The maximum atomic E-state index is 12.2. The van der Waals surface area contributed by atoms with E-state index in [1.54, 1.807) is 11.0 Å². The maximum absolute atomic E-state index is 12.2. The molecule has 2 unspecified atom stereocenters. The normalized spacial score (nSPS) is 13.9. The molecule has 0 fully saturated rings. The number of benzene rings is 1. The van der Waals surface area contributed by atoms with Crippen LogP contribution in [0, 0.1) is 5.92 Å². The Balaban J connectivity index is 1.98. The molecule has 1 aromatic carbocycles. The van der Waals surface area contributed by atoms with Gasteiger partial charge in [-0.25, -0.2) is 9.67 Å². The third-order valence-corrected chi connectivity index (χ3v) is 3.74. The van der Waals surface area contributed by atoms with E-state index >= 15 is 0 Å². The average Bonchev–Trinajstić information content (AvgIpc) is 3.01. The molecule has 2 atom stereocenters. The van der Waals surface area contributed by atoms with Crippen LogP contribution < -0.4 is 5.32 Å². The molecule has 0 aliphatic rings. The molecule has 0 aliphatic carbocycles. The third-order valence-electron chi connectivity index (χ3n) is 3.74. The summed E-state index contributed by atoms with van der Waals surface area (Å²) in [6.07, 6.45) is 2.99. The molecule has 5 nitrogen and oxygen atoms in total. The fourth-order valence-corrected chi connectivity index (χ4v) is 2.33. The van der Waals surface area contributed by atoms with Crippen LogP contribution in [0.5, 0.6) is 0 Å². The number of nitrogens with zero attached hydrogens (tertiary/aromatic N) is 3. The van der Waals surface area contributed by atoms with Crippen molar-refractivity contribution in [2.45, 2.75) is 32.7 Å². The van der Waals surface area contributed by atoms with Crippen LogP contribution in [0.4, 0.5) is 0 Å². The fourth-order valence-electron chi connectivity index (χ4n) is 2.33. The van der Waals surface area contributed by atoms with Gasteiger partial charge in [0.1, 0.15) is 18.7 Å². The van der Waals surface area contributed by atoms with Gasteiger partial charge in [-0.1, -0.05) is 44.2 Å². The Morgan fingerprint density at radius 1 is 1.24 bits per heavy atom. The number of hydrogen-bond donors (Lipinski definition) is 1. The second kappa shape index (κ2) is 7.02. The van der Waals surface area contributed by atoms with Crippen LogP contribution in [-0.4, -0.2) is 27.2 Å². The topological polar surface area (TPSA) is 59.8 Å². The van der Waals surface area contributed by atoms with E-state index in [-0.39, 0.29) is 11.9 Å². The van der Waals surface area contributed by atoms with Crippen LogP contribution in [-0.2, 0) is 4.79 Å². The molecule has 0 radical (unpaired) electrons. The molecular weight excluding hydrogens is 264 g/mol. The van der Waals surface area contributed by atoms with Gasteiger partial charge in [-0.15, -0.1) is 0 Å². The van der Waals surface area contributed by atoms with Crippen LogP contribution >= 0.6 is 0 Å². The number of amides is 1. The molecule has 112 valence electrons. The minimum absolute atomic E-state index is 0.0397. The first-order chi connectivity index (χ1) is 10.1. The summed E-state index contributed by atoms with van der Waals surface area (Å²) in [6, 6.07) is 9.94. The number of carbonyl (C=O) groups is 1. The highest BCUT2D eigenvalue weighted by Crippen LogP contribution is 2.23. The Morgan fingerprint density at radius 2 is 1.95 bits per heavy atom. The Kier molecular flexibility index (Phi) is 5.09. The molecule has 1 aromatic heterocycles. The summed E-state index contributed by atoms with van der Waals surface area (Å²) in [4.78, 5) is 16.1. The van der Waals surface area contributed by atoms with Crippen molar-refractivity contribution in [3.8, 4) is 0 Å². The summed E-state index contributed by atoms with van der Waals surface area (Å²) in [5.74, 6) is 0.717. The van der Waals surface area contributed by atoms with E-state index in [4.69, 9.17) is 0 Å². The van der Waals surface area contributed by atoms with Gasteiger partial charge in [0.2, 0.25) is 5.91 Å². The Hall–Kier alpha value is -2.17. The maximum Gasteiger partial charge on any atom is 0.244 e. The van der Waals surface area contributed by atoms with Crippen LogP contribution in [0.1, 0.15) is 38.3 Å². The number of carbonyl (C=O) groups excluding carboxylic acids is 1. The quantitative estimate of drug-likeness (QED) is 0.887. The lowest BCUT2D eigenvalue weighted by atomic mass is 9.88. The van der Waals surface area contributed by atoms with Gasteiger partial charge in [0.05, 0.1) is 0 Å². The van der Waals surface area contributed by atoms with Crippen molar-refractivity contribution >= 4 is 5.91 Å². The monoisotopic (exact) mass is 286 g/mol. The number of aromatic nitrogens is 3. The minimum atomic E-state index is -0.351. The summed E-state index contributed by atoms with van der Waals surface area (Å²) in [6.45, 7) is 6.78. The van der Waals surface area contributed by atoms with Gasteiger partial charge >= 0.3 is 0 Å². The molecule has 5 heteroatoms. The van der Waals surface area contributed by atoms with Crippen molar-refractivity contribution in [1.29, 1.82) is 0 Å². The third kappa shape index (κ3) is 3.90. The molecule has 0 aliphatic heterocycles. The molecule has 1 heterocycles. The summed E-state index contributed by atoms with van der Waals surface area (Å²) < 4.78 is 1.56. The van der Waals surface area contributed by atoms with Crippen molar-refractivity contribution in [3.63, 3.8) is 0 Å². The first-order valence-corrected chi connectivity index (χ1v) is 7.26. The van der Waals surface area contributed by atoms with Crippen molar-refractivity contribution in [1.82, 2.24) is 20.1 Å². The van der Waals surface area contributed by atoms with E-state index in [0.717, 1.165) is 0 Å². The van der Waals surface area contributed by atoms with Crippen molar-refractivity contribution < 1.29 is 4.79 Å². The van der Waals surface area contributed by atoms with Crippen LogP contribution in [0.3, 0.4) is 0 Å². The van der Waals surface area contributed by atoms with Gasteiger partial charge in [0, 0.05) is 12.5 Å². The Labute approximate surface area is 125 Å². The molecule has 1 N–H and O–H groups in total. The zero-order chi connectivity index (χ0) is 15.2. The van der Waals surface area contributed by atoms with Gasteiger partial charge < -0.3 is 5.32 Å². The predicted octanol–water partition coefficient (Wildman–Crippen LogP) is 2.40. The van der Waals surface area contributed by atoms with Gasteiger partial charge in [-0.05, 0) is 18.4 Å². The average molecular weight is 286 g/mol. The van der Waals surface area contributed by atoms with Crippen molar-refractivity contribution in [3.05, 3.63) is 48.5 Å². The smallest absolute Gasteiger partial charge is 0.244 e. The van der Waals surface area contributed by atoms with Crippen molar-refractivity contribution in [2.75, 3.05) is 6.54 Å². The lowest BCUT2D eigenvalue weighted by molar-refractivity contribution is -0.124. The number of rotatable bonds is 6. The van der Waals surface area contributed by atoms with E-state index in [9.17, 15) is 4.79 Å². The van der Waals surface area contributed by atoms with E-state index in [2.05, 4.69) is 41.4 Å². The zero-order valence-electron chi connectivity index (χ0n) is 12.7. The molecule has 0 saturated carbocycles. The minimum Gasteiger partial charge on any atom is -0.354 e. The van der Waals surface area contributed by atoms with Gasteiger partial charge in [-0.2, -0.15) is 5.10 Å². The van der Waals surface area contributed by atoms with Crippen LogP contribution in [0.15, 0.2) is 43.0 Å². The highest BCUT2D eigenvalue weighted by atomic mass is 16.2. The Morgan fingerprint density at radius 3 is 2.52 bits per heavy atom. The van der Waals surface area contributed by atoms with Crippen molar-refractivity contribution in [2.24, 2.45) is 5.92 Å². The number of nitrogens with one attached hydrogen (secondary N) is 1. The lowest BCUT2D eigenvalue weighted by Gasteiger charge is -2.23. The molecule has 1 amide bonds. The lowest BCUT2D eigenvalue weighted by Crippen LogP contribution is -2.35. The van der Waals surface area contributed by atoms with E-state index in [1.807, 2.05) is 25.1 Å². The second-order valence-electron chi connectivity index (χ2n) is 5.56. The van der Waals surface area contributed by atoms with E-state index in [0.29, 0.717) is 18.4 Å². The summed E-state index contributed by atoms with van der Waals surface area (Å²) in [5.41, 5.74) is 1.25. The summed E-state index contributed by atoms with van der Waals surface area (Å²) in [7, 11) is 0. The summed E-state index contributed by atoms with van der Waals surface area (Å²) in [5, 5.41) is 7.03. The molecule has 21 heavy (non-hydrogen) atoms. The van der Waals surface area contributed by atoms with Gasteiger partial charge in [0.25, 0.3) is 0 Å².